The number of alkyl halides is 1. The Morgan fingerprint density at radius 2 is 2.08 bits per heavy atom. The van der Waals surface area contributed by atoms with Crippen LogP contribution in [-0.2, 0) is 4.79 Å². The third kappa shape index (κ3) is 4.69. The van der Waals surface area contributed by atoms with Crippen LogP contribution in [0.25, 0.3) is 0 Å². The smallest absolute Gasteiger partial charge is 0.235 e. The van der Waals surface area contributed by atoms with E-state index in [-0.39, 0.29) is 24.2 Å². The van der Waals surface area contributed by atoms with Crippen molar-refractivity contribution in [3.63, 3.8) is 0 Å². The van der Waals surface area contributed by atoms with Gasteiger partial charge in [-0.2, -0.15) is 0 Å². The molecule has 1 amide bonds. The number of nitrogens with one attached hydrogen (secondary N) is 1. The zero-order valence-corrected chi connectivity index (χ0v) is 9.33. The van der Waals surface area contributed by atoms with Gasteiger partial charge in [-0.3, -0.25) is 4.79 Å². The molecule has 1 heterocycles. The van der Waals surface area contributed by atoms with E-state index in [0.29, 0.717) is 6.04 Å². The lowest BCUT2D eigenvalue weighted by Crippen LogP contribution is -2.43. The molecule has 5 heteroatoms. The van der Waals surface area contributed by atoms with Crippen molar-refractivity contribution in [2.75, 3.05) is 26.0 Å². The molecule has 13 heavy (non-hydrogen) atoms. The fourth-order valence-electron chi connectivity index (χ4n) is 1.42. The minimum atomic E-state index is -0.0498. The maximum absolute atomic E-state index is 10.9. The molecule has 0 atom stereocenters. The zero-order chi connectivity index (χ0) is 8.97. The number of hydrogen-bond donors (Lipinski definition) is 1. The van der Waals surface area contributed by atoms with Gasteiger partial charge in [0.25, 0.3) is 0 Å². The molecule has 0 unspecified atom stereocenters. The summed E-state index contributed by atoms with van der Waals surface area (Å²) >= 11 is 5.38. The first-order chi connectivity index (χ1) is 5.72. The molecule has 1 fully saturated rings. The van der Waals surface area contributed by atoms with Crippen molar-refractivity contribution >= 4 is 29.9 Å². The molecule has 1 N–H and O–H groups in total. The van der Waals surface area contributed by atoms with Crippen molar-refractivity contribution in [3.05, 3.63) is 0 Å². The third-order valence-electron chi connectivity index (χ3n) is 2.21. The molecule has 1 rings (SSSR count). The van der Waals surface area contributed by atoms with Crippen molar-refractivity contribution in [2.24, 2.45) is 0 Å². The average Bonchev–Trinajstić information content (AvgIpc) is 2.09. The summed E-state index contributed by atoms with van der Waals surface area (Å²) in [4.78, 5) is 13.2. The Hall–Kier alpha value is 0.01000. The number of carbonyl (C=O) groups is 1. The van der Waals surface area contributed by atoms with Crippen LogP contribution in [-0.4, -0.2) is 42.9 Å². The van der Waals surface area contributed by atoms with Crippen LogP contribution in [0.4, 0.5) is 0 Å². The Morgan fingerprint density at radius 1 is 1.54 bits per heavy atom. The van der Waals surface area contributed by atoms with Gasteiger partial charge in [0.2, 0.25) is 5.91 Å². The van der Waals surface area contributed by atoms with Gasteiger partial charge in [-0.05, 0) is 33.0 Å². The van der Waals surface area contributed by atoms with Gasteiger partial charge in [-0.1, -0.05) is 0 Å². The number of rotatable bonds is 2. The van der Waals surface area contributed by atoms with Gasteiger partial charge in [0.15, 0.2) is 0 Å². The Kier molecular flexibility index (Phi) is 6.47. The molecule has 0 radical (unpaired) electrons. The van der Waals surface area contributed by atoms with Gasteiger partial charge < -0.3 is 10.2 Å². The molecule has 1 aliphatic rings. The lowest BCUT2D eigenvalue weighted by atomic mass is 10.1. The van der Waals surface area contributed by atoms with E-state index >= 15 is 0 Å². The molecule has 0 aromatic carbocycles. The number of nitrogens with zero attached hydrogens (tertiary/aromatic N) is 1. The SMILES string of the molecule is CN1CCC(NC(=O)CCl)CC1.Cl. The normalized spacial score (nSPS) is 19.2. The van der Waals surface area contributed by atoms with Crippen molar-refractivity contribution in [1.82, 2.24) is 10.2 Å². The van der Waals surface area contributed by atoms with Gasteiger partial charge in [0.05, 0.1) is 0 Å². The van der Waals surface area contributed by atoms with Crippen molar-refractivity contribution in [3.8, 4) is 0 Å². The number of halogens is 2. The van der Waals surface area contributed by atoms with E-state index in [1.807, 2.05) is 0 Å². The number of amides is 1. The molecular weight excluding hydrogens is 211 g/mol. The molecule has 0 bridgehead atoms. The Balaban J connectivity index is 0.00000144. The maximum Gasteiger partial charge on any atom is 0.235 e. The predicted molar refractivity (Wildman–Crippen MR) is 56.6 cm³/mol. The van der Waals surface area contributed by atoms with Crippen LogP contribution in [0, 0.1) is 0 Å². The third-order valence-corrected chi connectivity index (χ3v) is 2.45. The molecule has 0 saturated carbocycles. The number of hydrogen-bond acceptors (Lipinski definition) is 2. The molecule has 0 spiro atoms. The Labute approximate surface area is 90.2 Å². The van der Waals surface area contributed by atoms with Crippen LogP contribution >= 0.6 is 24.0 Å². The summed E-state index contributed by atoms with van der Waals surface area (Å²) in [6.45, 7) is 2.13. The van der Waals surface area contributed by atoms with E-state index in [2.05, 4.69) is 17.3 Å². The van der Waals surface area contributed by atoms with Crippen molar-refractivity contribution in [1.29, 1.82) is 0 Å². The highest BCUT2D eigenvalue weighted by Gasteiger charge is 2.17. The molecule has 0 aromatic heterocycles. The Morgan fingerprint density at radius 3 is 2.54 bits per heavy atom. The molecule has 3 nitrogen and oxygen atoms in total. The van der Waals surface area contributed by atoms with Crippen LogP contribution < -0.4 is 5.32 Å². The fraction of sp³-hybridized carbons (Fsp3) is 0.875. The largest absolute Gasteiger partial charge is 0.352 e. The summed E-state index contributed by atoms with van der Waals surface area (Å²) in [5, 5.41) is 2.89. The minimum Gasteiger partial charge on any atom is -0.352 e. The summed E-state index contributed by atoms with van der Waals surface area (Å²) in [7, 11) is 2.10. The van der Waals surface area contributed by atoms with Crippen LogP contribution in [0.2, 0.25) is 0 Å². The first-order valence-electron chi connectivity index (χ1n) is 4.26. The highest BCUT2D eigenvalue weighted by atomic mass is 35.5. The second-order valence-corrected chi connectivity index (χ2v) is 3.55. The summed E-state index contributed by atoms with van der Waals surface area (Å²) in [5.74, 6) is 0.0259. The van der Waals surface area contributed by atoms with Crippen LogP contribution in [0.5, 0.6) is 0 Å². The topological polar surface area (TPSA) is 32.3 Å². The first-order valence-corrected chi connectivity index (χ1v) is 4.79. The first kappa shape index (κ1) is 13.0. The number of likely N-dealkylation sites (tertiary alicyclic amines) is 1. The average molecular weight is 227 g/mol. The van der Waals surface area contributed by atoms with E-state index in [1.54, 1.807) is 0 Å². The predicted octanol–water partition coefficient (Wildman–Crippen LogP) is 0.857. The van der Waals surface area contributed by atoms with Crippen LogP contribution in [0.15, 0.2) is 0 Å². The highest BCUT2D eigenvalue weighted by Crippen LogP contribution is 2.07. The monoisotopic (exact) mass is 226 g/mol. The molecule has 1 aliphatic heterocycles. The molecule has 1 saturated heterocycles. The number of carbonyl (C=O) groups excluding carboxylic acids is 1. The maximum atomic E-state index is 10.9. The molecular formula is C8H16Cl2N2O. The van der Waals surface area contributed by atoms with Crippen LogP contribution in [0.3, 0.4) is 0 Å². The fourth-order valence-corrected chi connectivity index (χ4v) is 1.50. The second kappa shape index (κ2) is 6.46. The van der Waals surface area contributed by atoms with E-state index in [9.17, 15) is 4.79 Å². The lowest BCUT2D eigenvalue weighted by Gasteiger charge is -2.29. The van der Waals surface area contributed by atoms with Gasteiger partial charge in [-0.15, -0.1) is 24.0 Å². The second-order valence-electron chi connectivity index (χ2n) is 3.28. The quantitative estimate of drug-likeness (QED) is 0.709. The molecule has 0 aliphatic carbocycles. The minimum absolute atomic E-state index is 0. The standard InChI is InChI=1S/C8H15ClN2O.ClH/c1-11-4-2-7(3-5-11)10-8(12)6-9;/h7H,2-6H2,1H3,(H,10,12);1H. The summed E-state index contributed by atoms with van der Waals surface area (Å²) in [6, 6.07) is 0.340. The van der Waals surface area contributed by atoms with Gasteiger partial charge in [0, 0.05) is 6.04 Å². The zero-order valence-electron chi connectivity index (χ0n) is 7.75. The van der Waals surface area contributed by atoms with E-state index in [1.165, 1.54) is 0 Å². The van der Waals surface area contributed by atoms with E-state index in [0.717, 1.165) is 25.9 Å². The van der Waals surface area contributed by atoms with E-state index in [4.69, 9.17) is 11.6 Å². The summed E-state index contributed by atoms with van der Waals surface area (Å²) in [5.41, 5.74) is 0. The van der Waals surface area contributed by atoms with Crippen molar-refractivity contribution in [2.45, 2.75) is 18.9 Å². The molecule has 0 aromatic rings. The van der Waals surface area contributed by atoms with Crippen LogP contribution in [0.1, 0.15) is 12.8 Å². The highest BCUT2D eigenvalue weighted by molar-refractivity contribution is 6.27. The van der Waals surface area contributed by atoms with Gasteiger partial charge in [-0.25, -0.2) is 0 Å². The Bertz CT molecular complexity index is 158. The van der Waals surface area contributed by atoms with Crippen molar-refractivity contribution < 1.29 is 4.79 Å². The summed E-state index contributed by atoms with van der Waals surface area (Å²) in [6.07, 6.45) is 2.08. The summed E-state index contributed by atoms with van der Waals surface area (Å²) < 4.78 is 0. The molecule has 78 valence electrons. The van der Waals surface area contributed by atoms with Gasteiger partial charge >= 0.3 is 0 Å². The lowest BCUT2D eigenvalue weighted by molar-refractivity contribution is -0.119. The van der Waals surface area contributed by atoms with Gasteiger partial charge in [0.1, 0.15) is 5.88 Å². The number of piperidine rings is 1. The van der Waals surface area contributed by atoms with E-state index < -0.39 is 0 Å².